The first-order valence-electron chi connectivity index (χ1n) is 23.2. The molecule has 1 aromatic heterocycles. The van der Waals surface area contributed by atoms with Crippen molar-refractivity contribution in [1.82, 2.24) is 15.0 Å². The molecule has 1 saturated heterocycles. The average molecular weight is 957 g/mol. The second-order valence-corrected chi connectivity index (χ2v) is 23.0. The lowest BCUT2D eigenvalue weighted by atomic mass is 9.82. The van der Waals surface area contributed by atoms with Crippen molar-refractivity contribution in [3.63, 3.8) is 0 Å². The number of nitrogens with zero attached hydrogens (tertiary/aromatic N) is 4. The van der Waals surface area contributed by atoms with Crippen LogP contribution < -0.4 is 34.9 Å². The van der Waals surface area contributed by atoms with Crippen LogP contribution in [0.4, 0.5) is 17.1 Å². The van der Waals surface area contributed by atoms with Gasteiger partial charge in [0.1, 0.15) is 29.0 Å². The Morgan fingerprint density at radius 2 is 1.31 bits per heavy atom. The summed E-state index contributed by atoms with van der Waals surface area (Å²) in [4.78, 5) is 44.4. The fourth-order valence-corrected chi connectivity index (χ4v) is 14.3. The van der Waals surface area contributed by atoms with Crippen molar-refractivity contribution in [3.05, 3.63) is 185 Å². The molecule has 14 nitrogen and oxygen atoms in total. The summed E-state index contributed by atoms with van der Waals surface area (Å²) in [6.07, 6.45) is 0.891. The molecule has 5 atom stereocenters. The highest BCUT2D eigenvalue weighted by Crippen LogP contribution is 2.60. The summed E-state index contributed by atoms with van der Waals surface area (Å²) in [5, 5.41) is 27.1. The number of rotatable bonds is 16. The third-order valence-corrected chi connectivity index (χ3v) is 18.3. The van der Waals surface area contributed by atoms with Crippen LogP contribution in [0.1, 0.15) is 62.5 Å². The zero-order valence-electron chi connectivity index (χ0n) is 40.0. The number of methoxy groups -OCH3 is 3. The van der Waals surface area contributed by atoms with Gasteiger partial charge < -0.3 is 39.6 Å². The van der Waals surface area contributed by atoms with Crippen LogP contribution in [-0.2, 0) is 28.2 Å². The first-order chi connectivity index (χ1) is 33.8. The van der Waals surface area contributed by atoms with Crippen molar-refractivity contribution in [2.45, 2.75) is 62.9 Å². The summed E-state index contributed by atoms with van der Waals surface area (Å²) >= 11 is 0. The maximum absolute atomic E-state index is 15.7. The summed E-state index contributed by atoms with van der Waals surface area (Å²) in [5.41, 5.74) is 3.84. The Bertz CT molecular complexity index is 2990. The molecule has 358 valence electrons. The topological polar surface area (TPSA) is 166 Å². The predicted molar refractivity (Wildman–Crippen MR) is 271 cm³/mol. The molecule has 6 aromatic carbocycles. The van der Waals surface area contributed by atoms with Gasteiger partial charge in [0, 0.05) is 40.5 Å². The Kier molecular flexibility index (Phi) is 13.4. The number of aliphatic hydroxyl groups is 1. The van der Waals surface area contributed by atoms with E-state index in [4.69, 9.17) is 18.9 Å². The van der Waals surface area contributed by atoms with E-state index in [0.717, 1.165) is 11.3 Å². The number of carbonyl (C=O) groups is 3. The first kappa shape index (κ1) is 47.5. The standard InChI is InChI=1S/C55H56N6O8Si/c1-35-51(70(5,6)45-27-25-44(68-4)26-28-45)49(30-31-60-34-47(58-59-60)50(62)37-10-8-7-9-11-37)69-55(35)46-32-41(57-53(64)39-16-23-43(67-3)24-17-39)20-29-48(46)61(54(55)65)33-36-12-18-40(19-13-36)56-52(63)38-14-21-42(66-2)22-15-38/h7-29,32,34-35,49-51,62H,30-31,33H2,1-6H3,(H,56,63)(H,57,64)/t35-,49+,50-,51-,55+/m1/s1. The van der Waals surface area contributed by atoms with E-state index in [1.165, 1.54) is 5.19 Å². The Morgan fingerprint density at radius 1 is 0.757 bits per heavy atom. The lowest BCUT2D eigenvalue weighted by molar-refractivity contribution is -0.146. The van der Waals surface area contributed by atoms with Gasteiger partial charge in [-0.25, -0.2) is 0 Å². The minimum atomic E-state index is -2.54. The number of benzene rings is 6. The fraction of sp³-hybridized carbons (Fsp3) is 0.255. The second-order valence-electron chi connectivity index (χ2n) is 18.4. The van der Waals surface area contributed by atoms with E-state index in [9.17, 15) is 14.7 Å². The van der Waals surface area contributed by atoms with E-state index < -0.39 is 25.9 Å². The number of aliphatic hydroxyl groups excluding tert-OH is 1. The van der Waals surface area contributed by atoms with Crippen LogP contribution >= 0.6 is 0 Å². The molecule has 0 unspecified atom stereocenters. The van der Waals surface area contributed by atoms with Crippen molar-refractivity contribution < 1.29 is 38.4 Å². The van der Waals surface area contributed by atoms with Crippen LogP contribution in [-0.4, -0.2) is 73.3 Å². The number of hydrogen-bond donors (Lipinski definition) is 3. The van der Waals surface area contributed by atoms with Crippen LogP contribution in [0.15, 0.2) is 152 Å². The highest BCUT2D eigenvalue weighted by Gasteiger charge is 2.66. The van der Waals surface area contributed by atoms with E-state index in [-0.39, 0.29) is 35.7 Å². The molecule has 1 fully saturated rings. The molecule has 9 rings (SSSR count). The van der Waals surface area contributed by atoms with Crippen molar-refractivity contribution >= 4 is 48.0 Å². The van der Waals surface area contributed by atoms with E-state index >= 15 is 4.79 Å². The number of anilines is 3. The number of aryl methyl sites for hydroxylation is 1. The lowest BCUT2D eigenvalue weighted by Crippen LogP contribution is -2.51. The Hall–Kier alpha value is -7.59. The largest absolute Gasteiger partial charge is 0.497 e. The van der Waals surface area contributed by atoms with Gasteiger partial charge in [-0.1, -0.05) is 85.0 Å². The highest BCUT2D eigenvalue weighted by atomic mass is 28.3. The lowest BCUT2D eigenvalue weighted by Gasteiger charge is -2.37. The van der Waals surface area contributed by atoms with Gasteiger partial charge in [-0.15, -0.1) is 5.10 Å². The van der Waals surface area contributed by atoms with Crippen LogP contribution in [0.25, 0.3) is 0 Å². The molecular formula is C55H56N6O8Si. The van der Waals surface area contributed by atoms with Crippen molar-refractivity contribution in [2.24, 2.45) is 5.92 Å². The second kappa shape index (κ2) is 19.8. The molecule has 2 aliphatic heterocycles. The molecule has 2 aliphatic rings. The van der Waals surface area contributed by atoms with Crippen LogP contribution in [0, 0.1) is 5.92 Å². The smallest absolute Gasteiger partial charge is 0.264 e. The zero-order chi connectivity index (χ0) is 49.2. The Balaban J connectivity index is 1.06. The van der Waals surface area contributed by atoms with Crippen LogP contribution in [0.3, 0.4) is 0 Å². The molecular weight excluding hydrogens is 901 g/mol. The van der Waals surface area contributed by atoms with Gasteiger partial charge in [-0.05, 0) is 114 Å². The number of fused-ring (bicyclic) bond motifs is 2. The SMILES string of the molecule is COc1ccc(C(=O)Nc2ccc(CN3C(=O)[C@@]4(O[C@@H](CCn5cc([C@H](O)c6ccccc6)nn5)[C@H]([Si](C)(C)c5ccc(OC)cc5)[C@H]4C)c4cc(NC(=O)c5ccc(OC)cc5)ccc43)cc2)cc1. The van der Waals surface area contributed by atoms with Crippen molar-refractivity contribution in [3.8, 4) is 17.2 Å². The zero-order valence-corrected chi connectivity index (χ0v) is 41.0. The summed E-state index contributed by atoms with van der Waals surface area (Å²) in [6, 6.07) is 44.3. The maximum Gasteiger partial charge on any atom is 0.264 e. The quantitative estimate of drug-likeness (QED) is 0.0798. The molecule has 0 radical (unpaired) electrons. The predicted octanol–water partition coefficient (Wildman–Crippen LogP) is 8.74. The molecule has 70 heavy (non-hydrogen) atoms. The van der Waals surface area contributed by atoms with Gasteiger partial charge in [0.2, 0.25) is 0 Å². The third-order valence-electron chi connectivity index (χ3n) is 13.9. The summed E-state index contributed by atoms with van der Waals surface area (Å²) in [7, 11) is 2.26. The van der Waals surface area contributed by atoms with Crippen molar-refractivity contribution in [1.29, 1.82) is 0 Å². The van der Waals surface area contributed by atoms with Gasteiger partial charge >= 0.3 is 0 Å². The molecule has 1 spiro atoms. The van der Waals surface area contributed by atoms with Gasteiger partial charge in [0.25, 0.3) is 17.7 Å². The maximum atomic E-state index is 15.7. The number of amides is 3. The first-order valence-corrected chi connectivity index (χ1v) is 26.3. The van der Waals surface area contributed by atoms with Gasteiger partial charge in [0.05, 0.1) is 53.9 Å². The molecule has 0 bridgehead atoms. The Labute approximate surface area is 408 Å². The van der Waals surface area contributed by atoms with Gasteiger partial charge in [-0.3, -0.25) is 19.1 Å². The molecule has 3 amide bonds. The van der Waals surface area contributed by atoms with E-state index in [1.54, 1.807) is 85.6 Å². The summed E-state index contributed by atoms with van der Waals surface area (Å²) < 4.78 is 25.3. The molecule has 3 N–H and O–H groups in total. The van der Waals surface area contributed by atoms with E-state index in [1.807, 2.05) is 84.9 Å². The summed E-state index contributed by atoms with van der Waals surface area (Å²) in [6.45, 7) is 7.41. The van der Waals surface area contributed by atoms with E-state index in [0.29, 0.717) is 69.5 Å². The number of nitrogens with one attached hydrogen (secondary N) is 2. The normalized spacial score (nSPS) is 18.9. The van der Waals surface area contributed by atoms with Gasteiger partial charge in [0.15, 0.2) is 5.60 Å². The minimum Gasteiger partial charge on any atom is -0.497 e. The molecule has 7 aromatic rings. The Morgan fingerprint density at radius 3 is 1.90 bits per heavy atom. The molecule has 3 heterocycles. The average Bonchev–Trinajstić information content (AvgIpc) is 4.06. The monoisotopic (exact) mass is 956 g/mol. The number of hydrogen-bond acceptors (Lipinski definition) is 10. The van der Waals surface area contributed by atoms with Crippen molar-refractivity contribution in [2.75, 3.05) is 36.9 Å². The van der Waals surface area contributed by atoms with E-state index in [2.05, 4.69) is 53.1 Å². The molecule has 0 aliphatic carbocycles. The number of ether oxygens (including phenoxy) is 4. The molecule has 0 saturated carbocycles. The third kappa shape index (κ3) is 9.18. The van der Waals surface area contributed by atoms with Gasteiger partial charge in [-0.2, -0.15) is 0 Å². The fourth-order valence-electron chi connectivity index (χ4n) is 10.2. The summed E-state index contributed by atoms with van der Waals surface area (Å²) in [5.74, 6) is 0.925. The van der Waals surface area contributed by atoms with Crippen LogP contribution in [0.5, 0.6) is 17.2 Å². The minimum absolute atomic E-state index is 0.0957. The molecule has 15 heteroatoms. The van der Waals surface area contributed by atoms with Crippen LogP contribution in [0.2, 0.25) is 18.6 Å². The highest BCUT2D eigenvalue weighted by molar-refractivity contribution is 6.91. The number of carbonyl (C=O) groups excluding carboxylic acids is 3. The number of aromatic nitrogens is 3.